The summed E-state index contributed by atoms with van der Waals surface area (Å²) in [5.74, 6) is -0.278. The maximum Gasteiger partial charge on any atom is 0.337 e. The average molecular weight is 433 g/mol. The van der Waals surface area contributed by atoms with E-state index in [9.17, 15) is 9.59 Å². The van der Waals surface area contributed by atoms with Crippen molar-refractivity contribution in [2.45, 2.75) is 32.5 Å². The standard InChI is InChI=1S/C26H28N2O4/c1-18-14-27(16-20-7-9-21(10-8-20)26(30)31-3)15-19(2)28(18)25(29)23-6-4-5-22(13-23)24-11-12-32-17-24/h4-13,17-19H,14-16H2,1-3H3/t18-,19+. The Labute approximate surface area is 188 Å². The van der Waals surface area contributed by atoms with Gasteiger partial charge >= 0.3 is 5.97 Å². The highest BCUT2D eigenvalue weighted by molar-refractivity contribution is 5.96. The number of furan rings is 1. The van der Waals surface area contributed by atoms with Gasteiger partial charge < -0.3 is 14.1 Å². The van der Waals surface area contributed by atoms with Crippen molar-refractivity contribution < 1.29 is 18.7 Å². The minimum atomic E-state index is -0.331. The van der Waals surface area contributed by atoms with Gasteiger partial charge in [-0.2, -0.15) is 0 Å². The molecule has 1 aromatic heterocycles. The Kier molecular flexibility index (Phi) is 6.42. The van der Waals surface area contributed by atoms with Gasteiger partial charge in [-0.1, -0.05) is 24.3 Å². The van der Waals surface area contributed by atoms with Crippen LogP contribution in [0.2, 0.25) is 0 Å². The second kappa shape index (κ2) is 9.40. The Morgan fingerprint density at radius 3 is 2.31 bits per heavy atom. The van der Waals surface area contributed by atoms with E-state index in [-0.39, 0.29) is 24.0 Å². The van der Waals surface area contributed by atoms with E-state index in [4.69, 9.17) is 9.15 Å². The molecule has 32 heavy (non-hydrogen) atoms. The zero-order chi connectivity index (χ0) is 22.7. The number of carbonyl (C=O) groups excluding carboxylic acids is 2. The molecule has 0 unspecified atom stereocenters. The van der Waals surface area contributed by atoms with Crippen LogP contribution in [0, 0.1) is 0 Å². The zero-order valence-corrected chi connectivity index (χ0v) is 18.7. The lowest BCUT2D eigenvalue weighted by molar-refractivity contribution is 0.0268. The van der Waals surface area contributed by atoms with Crippen molar-refractivity contribution in [1.29, 1.82) is 0 Å². The van der Waals surface area contributed by atoms with Gasteiger partial charge in [-0.25, -0.2) is 4.79 Å². The van der Waals surface area contributed by atoms with Crippen LogP contribution in [-0.4, -0.2) is 54.0 Å². The average Bonchev–Trinajstić information content (AvgIpc) is 3.34. The molecule has 3 aromatic rings. The zero-order valence-electron chi connectivity index (χ0n) is 18.7. The smallest absolute Gasteiger partial charge is 0.337 e. The quantitative estimate of drug-likeness (QED) is 0.557. The number of amides is 1. The number of ether oxygens (including phenoxy) is 1. The van der Waals surface area contributed by atoms with Gasteiger partial charge in [0, 0.05) is 42.8 Å². The summed E-state index contributed by atoms with van der Waals surface area (Å²) in [7, 11) is 1.38. The summed E-state index contributed by atoms with van der Waals surface area (Å²) in [5.41, 5.74) is 4.30. The summed E-state index contributed by atoms with van der Waals surface area (Å²) in [4.78, 5) is 29.4. The topological polar surface area (TPSA) is 63.0 Å². The Morgan fingerprint density at radius 2 is 1.69 bits per heavy atom. The van der Waals surface area contributed by atoms with Crippen molar-refractivity contribution in [1.82, 2.24) is 9.80 Å². The van der Waals surface area contributed by atoms with Crippen molar-refractivity contribution in [3.05, 3.63) is 83.8 Å². The first-order valence-electron chi connectivity index (χ1n) is 10.8. The lowest BCUT2D eigenvalue weighted by Crippen LogP contribution is -2.58. The molecule has 1 aliphatic heterocycles. The largest absolute Gasteiger partial charge is 0.472 e. The number of methoxy groups -OCH3 is 1. The second-order valence-corrected chi connectivity index (χ2v) is 8.39. The Hall–Kier alpha value is -3.38. The van der Waals surface area contributed by atoms with E-state index in [1.54, 1.807) is 24.7 Å². The lowest BCUT2D eigenvalue weighted by Gasteiger charge is -2.44. The van der Waals surface area contributed by atoms with E-state index in [0.29, 0.717) is 11.1 Å². The third-order valence-electron chi connectivity index (χ3n) is 5.97. The molecule has 2 heterocycles. The van der Waals surface area contributed by atoms with Crippen molar-refractivity contribution >= 4 is 11.9 Å². The van der Waals surface area contributed by atoms with Crippen LogP contribution in [0.25, 0.3) is 11.1 Å². The fourth-order valence-corrected chi connectivity index (χ4v) is 4.49. The van der Waals surface area contributed by atoms with Gasteiger partial charge in [0.2, 0.25) is 0 Å². The molecule has 1 aliphatic rings. The molecule has 6 nitrogen and oxygen atoms in total. The Bertz CT molecular complexity index is 1060. The molecular weight excluding hydrogens is 404 g/mol. The second-order valence-electron chi connectivity index (χ2n) is 8.39. The molecule has 1 fully saturated rings. The van der Waals surface area contributed by atoms with Crippen LogP contribution in [0.3, 0.4) is 0 Å². The molecule has 166 valence electrons. The number of piperazine rings is 1. The van der Waals surface area contributed by atoms with Crippen molar-refractivity contribution in [2.24, 2.45) is 0 Å². The van der Waals surface area contributed by atoms with Gasteiger partial charge in [-0.05, 0) is 55.3 Å². The number of esters is 1. The first kappa shape index (κ1) is 21.8. The fourth-order valence-electron chi connectivity index (χ4n) is 4.49. The van der Waals surface area contributed by atoms with Crippen LogP contribution in [0.4, 0.5) is 0 Å². The molecule has 0 bridgehead atoms. The number of rotatable bonds is 5. The molecule has 6 heteroatoms. The van der Waals surface area contributed by atoms with Gasteiger partial charge in [0.15, 0.2) is 0 Å². The van der Waals surface area contributed by atoms with Gasteiger partial charge in [0.25, 0.3) is 5.91 Å². The summed E-state index contributed by atoms with van der Waals surface area (Å²) in [6.07, 6.45) is 3.32. The number of benzene rings is 2. The molecule has 0 aliphatic carbocycles. The number of carbonyl (C=O) groups is 2. The first-order valence-corrected chi connectivity index (χ1v) is 10.8. The van der Waals surface area contributed by atoms with Crippen molar-refractivity contribution in [3.63, 3.8) is 0 Å². The third kappa shape index (κ3) is 4.60. The first-order chi connectivity index (χ1) is 15.5. The van der Waals surface area contributed by atoms with Crippen LogP contribution in [0.5, 0.6) is 0 Å². The van der Waals surface area contributed by atoms with Crippen LogP contribution >= 0.6 is 0 Å². The molecule has 1 amide bonds. The van der Waals surface area contributed by atoms with E-state index >= 15 is 0 Å². The molecule has 0 spiro atoms. The summed E-state index contributed by atoms with van der Waals surface area (Å²) in [5, 5.41) is 0. The monoisotopic (exact) mass is 432 g/mol. The normalized spacial score (nSPS) is 19.0. The summed E-state index contributed by atoms with van der Waals surface area (Å²) < 4.78 is 9.94. The van der Waals surface area contributed by atoms with Gasteiger partial charge in [0.1, 0.15) is 0 Å². The Morgan fingerprint density at radius 1 is 0.969 bits per heavy atom. The predicted molar refractivity (Wildman–Crippen MR) is 122 cm³/mol. The Balaban J connectivity index is 1.43. The van der Waals surface area contributed by atoms with Crippen LogP contribution in [0.1, 0.15) is 40.1 Å². The van der Waals surface area contributed by atoms with E-state index in [1.165, 1.54) is 7.11 Å². The molecular formula is C26H28N2O4. The maximum absolute atomic E-state index is 13.4. The number of hydrogen-bond acceptors (Lipinski definition) is 5. The molecule has 2 atom stereocenters. The SMILES string of the molecule is COC(=O)c1ccc(CN2C[C@@H](C)N(C(=O)c3cccc(-c4ccoc4)c3)[C@@H](C)C2)cc1. The molecule has 4 rings (SSSR count). The fraction of sp³-hybridized carbons (Fsp3) is 0.308. The predicted octanol–water partition coefficient (Wildman–Crippen LogP) is 4.47. The highest BCUT2D eigenvalue weighted by atomic mass is 16.5. The third-order valence-corrected chi connectivity index (χ3v) is 5.97. The molecule has 0 N–H and O–H groups in total. The highest BCUT2D eigenvalue weighted by Gasteiger charge is 2.33. The van der Waals surface area contributed by atoms with Crippen LogP contribution in [0.15, 0.2) is 71.5 Å². The van der Waals surface area contributed by atoms with Crippen molar-refractivity contribution in [2.75, 3.05) is 20.2 Å². The highest BCUT2D eigenvalue weighted by Crippen LogP contribution is 2.25. The minimum absolute atomic E-state index is 0.0532. The summed E-state index contributed by atoms with van der Waals surface area (Å²) >= 11 is 0. The van der Waals surface area contributed by atoms with Crippen LogP contribution in [-0.2, 0) is 11.3 Å². The maximum atomic E-state index is 13.4. The number of hydrogen-bond donors (Lipinski definition) is 0. The summed E-state index contributed by atoms with van der Waals surface area (Å²) in [6, 6.07) is 17.3. The molecule has 0 radical (unpaired) electrons. The van der Waals surface area contributed by atoms with Crippen molar-refractivity contribution in [3.8, 4) is 11.1 Å². The lowest BCUT2D eigenvalue weighted by atomic mass is 10.0. The molecule has 2 aromatic carbocycles. The summed E-state index contributed by atoms with van der Waals surface area (Å²) in [6.45, 7) is 6.54. The van der Waals surface area contributed by atoms with Gasteiger partial charge in [-0.15, -0.1) is 0 Å². The number of nitrogens with zero attached hydrogens (tertiary/aromatic N) is 2. The van der Waals surface area contributed by atoms with E-state index in [1.807, 2.05) is 47.4 Å². The van der Waals surface area contributed by atoms with Crippen LogP contribution < -0.4 is 0 Å². The van der Waals surface area contributed by atoms with E-state index in [2.05, 4.69) is 18.7 Å². The van der Waals surface area contributed by atoms with E-state index < -0.39 is 0 Å². The molecule has 1 saturated heterocycles. The van der Waals surface area contributed by atoms with Gasteiger partial charge in [-0.3, -0.25) is 9.69 Å². The van der Waals surface area contributed by atoms with E-state index in [0.717, 1.165) is 36.3 Å². The minimum Gasteiger partial charge on any atom is -0.472 e. The molecule has 0 saturated carbocycles. The van der Waals surface area contributed by atoms with Gasteiger partial charge in [0.05, 0.1) is 25.2 Å².